The van der Waals surface area contributed by atoms with Crippen molar-refractivity contribution >= 4 is 35.8 Å². The molecule has 4 aliphatic rings. The molecule has 9 nitrogen and oxygen atoms in total. The Balaban J connectivity index is 0.00000289. The van der Waals surface area contributed by atoms with Gasteiger partial charge in [0, 0.05) is 63.3 Å². The standard InChI is InChI=1S/C25H35N5O4.ClH/c1-34-22(31)16-18-4-9-27(10-5-18)20-6-11-30-21(17-20)24(32)23(25(30)33)29-14-12-28(13-15-29)19-2-7-26-8-3-19;/h2-3,7-8,18,20-21,23H,4-6,9-17H2,1H3;1H. The number of ketones is 1. The number of esters is 1. The first-order chi connectivity index (χ1) is 16.5. The molecule has 4 fully saturated rings. The first-order valence-electron chi connectivity index (χ1n) is 12.6. The zero-order valence-electron chi connectivity index (χ0n) is 20.4. The topological polar surface area (TPSA) is 86.3 Å². The van der Waals surface area contributed by atoms with E-state index in [2.05, 4.69) is 19.7 Å². The van der Waals surface area contributed by atoms with Gasteiger partial charge in [-0.3, -0.25) is 24.3 Å². The van der Waals surface area contributed by atoms with Crippen LogP contribution in [0.4, 0.5) is 5.69 Å². The van der Waals surface area contributed by atoms with Crippen LogP contribution in [0.3, 0.4) is 0 Å². The second-order valence-electron chi connectivity index (χ2n) is 10.0. The number of halogens is 1. The van der Waals surface area contributed by atoms with E-state index >= 15 is 0 Å². The fraction of sp³-hybridized carbons (Fsp3) is 0.680. The number of carbonyl (C=O) groups is 3. The Labute approximate surface area is 213 Å². The van der Waals surface area contributed by atoms with Gasteiger partial charge in [-0.25, -0.2) is 0 Å². The number of Topliss-reactive ketones (excluding diaryl/α,β-unsaturated/α-hetero) is 1. The molecule has 5 rings (SSSR count). The smallest absolute Gasteiger partial charge is 0.305 e. The summed E-state index contributed by atoms with van der Waals surface area (Å²) in [5, 5.41) is 0. The molecular formula is C25H36ClN5O4. The summed E-state index contributed by atoms with van der Waals surface area (Å²) in [6, 6.07) is 3.43. The van der Waals surface area contributed by atoms with Crippen LogP contribution in [0.1, 0.15) is 32.1 Å². The van der Waals surface area contributed by atoms with Gasteiger partial charge in [0.2, 0.25) is 5.91 Å². The molecule has 0 spiro atoms. The first kappa shape index (κ1) is 25.9. The van der Waals surface area contributed by atoms with E-state index in [1.807, 2.05) is 17.0 Å². The van der Waals surface area contributed by atoms with Crippen molar-refractivity contribution in [3.63, 3.8) is 0 Å². The van der Waals surface area contributed by atoms with E-state index in [-0.39, 0.29) is 36.1 Å². The summed E-state index contributed by atoms with van der Waals surface area (Å²) in [5.74, 6) is 0.346. The van der Waals surface area contributed by atoms with Crippen molar-refractivity contribution in [3.8, 4) is 0 Å². The number of nitrogens with zero attached hydrogens (tertiary/aromatic N) is 5. The average Bonchev–Trinajstić information content (AvgIpc) is 3.14. The highest BCUT2D eigenvalue weighted by Crippen LogP contribution is 2.33. The monoisotopic (exact) mass is 505 g/mol. The number of piperazine rings is 1. The summed E-state index contributed by atoms with van der Waals surface area (Å²) in [5.41, 5.74) is 1.13. The summed E-state index contributed by atoms with van der Waals surface area (Å²) in [7, 11) is 1.44. The lowest BCUT2D eigenvalue weighted by Gasteiger charge is -2.42. The van der Waals surface area contributed by atoms with Crippen molar-refractivity contribution in [2.24, 2.45) is 5.92 Å². The van der Waals surface area contributed by atoms with Crippen molar-refractivity contribution in [3.05, 3.63) is 24.5 Å². The van der Waals surface area contributed by atoms with Gasteiger partial charge in [0.1, 0.15) is 0 Å². The predicted octanol–water partition coefficient (Wildman–Crippen LogP) is 1.21. The van der Waals surface area contributed by atoms with Crippen LogP contribution in [0.5, 0.6) is 0 Å². The molecule has 0 radical (unpaired) electrons. The van der Waals surface area contributed by atoms with Gasteiger partial charge in [-0.1, -0.05) is 0 Å². The number of methoxy groups -OCH3 is 1. The quantitative estimate of drug-likeness (QED) is 0.436. The minimum absolute atomic E-state index is 0. The van der Waals surface area contributed by atoms with Crippen LogP contribution < -0.4 is 4.90 Å². The van der Waals surface area contributed by atoms with Gasteiger partial charge in [-0.2, -0.15) is 0 Å². The Morgan fingerprint density at radius 2 is 1.66 bits per heavy atom. The Bertz CT molecular complexity index is 902. The van der Waals surface area contributed by atoms with Crippen molar-refractivity contribution in [2.45, 2.75) is 50.2 Å². The number of ether oxygens (including phenoxy) is 1. The molecule has 0 aliphatic carbocycles. The number of carbonyl (C=O) groups excluding carboxylic acids is 3. The molecule has 192 valence electrons. The summed E-state index contributed by atoms with van der Waals surface area (Å²) < 4.78 is 4.82. The molecule has 0 aromatic carbocycles. The zero-order valence-corrected chi connectivity index (χ0v) is 21.2. The van der Waals surface area contributed by atoms with Crippen molar-refractivity contribution in [1.82, 2.24) is 19.7 Å². The lowest BCUT2D eigenvalue weighted by Crippen LogP contribution is -2.54. The van der Waals surface area contributed by atoms with Gasteiger partial charge < -0.3 is 19.4 Å². The van der Waals surface area contributed by atoms with Crippen LogP contribution in [0, 0.1) is 5.92 Å². The van der Waals surface area contributed by atoms with Gasteiger partial charge >= 0.3 is 5.97 Å². The molecule has 4 saturated heterocycles. The highest BCUT2D eigenvalue weighted by atomic mass is 35.5. The number of piperidine rings is 2. The molecule has 0 saturated carbocycles. The minimum atomic E-state index is -0.617. The third-order valence-electron chi connectivity index (χ3n) is 8.25. The Hall–Kier alpha value is -2.23. The largest absolute Gasteiger partial charge is 0.469 e. The maximum absolute atomic E-state index is 13.4. The zero-order chi connectivity index (χ0) is 23.7. The van der Waals surface area contributed by atoms with Crippen LogP contribution in [0.2, 0.25) is 0 Å². The van der Waals surface area contributed by atoms with Gasteiger partial charge in [-0.05, 0) is 56.8 Å². The normalized spacial score (nSPS) is 28.5. The van der Waals surface area contributed by atoms with Crippen LogP contribution in [0.15, 0.2) is 24.5 Å². The van der Waals surface area contributed by atoms with E-state index < -0.39 is 6.04 Å². The SMILES string of the molecule is COC(=O)CC1CCN(C2CCN3C(=O)C(N4CCN(c5ccncc5)CC4)C(=O)C3C2)CC1.Cl. The van der Waals surface area contributed by atoms with Crippen LogP contribution >= 0.6 is 12.4 Å². The van der Waals surface area contributed by atoms with Crippen molar-refractivity contribution < 1.29 is 19.1 Å². The first-order valence-corrected chi connectivity index (χ1v) is 12.6. The third-order valence-corrected chi connectivity index (χ3v) is 8.25. The lowest BCUT2D eigenvalue weighted by atomic mass is 9.89. The van der Waals surface area contributed by atoms with Crippen LogP contribution in [0.25, 0.3) is 0 Å². The van der Waals surface area contributed by atoms with E-state index in [4.69, 9.17) is 4.74 Å². The second kappa shape index (κ2) is 11.2. The number of fused-ring (bicyclic) bond motifs is 1. The average molecular weight is 506 g/mol. The summed E-state index contributed by atoms with van der Waals surface area (Å²) >= 11 is 0. The van der Waals surface area contributed by atoms with Crippen molar-refractivity contribution in [1.29, 1.82) is 0 Å². The van der Waals surface area contributed by atoms with Gasteiger partial charge in [0.15, 0.2) is 11.8 Å². The van der Waals surface area contributed by atoms with Crippen molar-refractivity contribution in [2.75, 3.05) is 57.8 Å². The van der Waals surface area contributed by atoms with Crippen LogP contribution in [-0.2, 0) is 19.1 Å². The predicted molar refractivity (Wildman–Crippen MR) is 134 cm³/mol. The molecular weight excluding hydrogens is 470 g/mol. The number of amides is 1. The Morgan fingerprint density at radius 3 is 2.31 bits per heavy atom. The van der Waals surface area contributed by atoms with E-state index in [1.54, 1.807) is 12.4 Å². The maximum Gasteiger partial charge on any atom is 0.305 e. The molecule has 10 heteroatoms. The highest BCUT2D eigenvalue weighted by Gasteiger charge is 2.52. The Kier molecular flexibility index (Phi) is 8.29. The minimum Gasteiger partial charge on any atom is -0.469 e. The third kappa shape index (κ3) is 5.32. The molecule has 1 aromatic heterocycles. The number of likely N-dealkylation sites (tertiary alicyclic amines) is 1. The molecule has 4 aliphatic heterocycles. The summed E-state index contributed by atoms with van der Waals surface area (Å²) in [6.07, 6.45) is 7.70. The van der Waals surface area contributed by atoms with Gasteiger partial charge in [-0.15, -0.1) is 12.4 Å². The maximum atomic E-state index is 13.4. The molecule has 3 unspecified atom stereocenters. The molecule has 5 heterocycles. The van der Waals surface area contributed by atoms with E-state index in [9.17, 15) is 14.4 Å². The molecule has 0 bridgehead atoms. The fourth-order valence-electron chi connectivity index (χ4n) is 6.24. The molecule has 3 atom stereocenters. The van der Waals surface area contributed by atoms with Gasteiger partial charge in [0.25, 0.3) is 0 Å². The van der Waals surface area contributed by atoms with E-state index in [1.165, 1.54) is 7.11 Å². The number of rotatable bonds is 5. The highest BCUT2D eigenvalue weighted by molar-refractivity contribution is 6.14. The van der Waals surface area contributed by atoms with Crippen LogP contribution in [-0.4, -0.2) is 108 Å². The number of pyridine rings is 1. The molecule has 35 heavy (non-hydrogen) atoms. The number of aromatic nitrogens is 1. The van der Waals surface area contributed by atoms with Gasteiger partial charge in [0.05, 0.1) is 13.2 Å². The summed E-state index contributed by atoms with van der Waals surface area (Å²) in [4.78, 5) is 51.1. The molecule has 1 amide bonds. The second-order valence-corrected chi connectivity index (χ2v) is 10.0. The number of hydrogen-bond donors (Lipinski definition) is 0. The van der Waals surface area contributed by atoms with E-state index in [0.717, 1.165) is 57.5 Å². The number of hydrogen-bond acceptors (Lipinski definition) is 8. The molecule has 0 N–H and O–H groups in total. The van der Waals surface area contributed by atoms with E-state index in [0.29, 0.717) is 38.0 Å². The Morgan fingerprint density at radius 1 is 0.971 bits per heavy atom. The fourth-order valence-corrected chi connectivity index (χ4v) is 6.24. The molecule has 1 aromatic rings. The lowest BCUT2D eigenvalue weighted by molar-refractivity contribution is -0.142. The summed E-state index contributed by atoms with van der Waals surface area (Å²) in [6.45, 7) is 5.58. The number of anilines is 1.